The second-order valence-electron chi connectivity index (χ2n) is 14.7. The predicted molar refractivity (Wildman–Crippen MR) is 216 cm³/mol. The number of phosphoric acid groups is 1. The first-order valence-electron chi connectivity index (χ1n) is 20.5. The Morgan fingerprint density at radius 3 is 1.25 bits per heavy atom. The van der Waals surface area contributed by atoms with Gasteiger partial charge in [0, 0.05) is 58.0 Å². The zero-order chi connectivity index (χ0) is 40.2. The summed E-state index contributed by atoms with van der Waals surface area (Å²) in [6.45, 7) is 6.80. The number of aliphatic carboxylic acids is 3. The summed E-state index contributed by atoms with van der Waals surface area (Å²) in [4.78, 5) is 51.6. The number of nitrogens with zero attached hydrogens (tertiary/aromatic N) is 4. The fourth-order valence-corrected chi connectivity index (χ4v) is 7.62. The Balaban J connectivity index is 1.62. The lowest BCUT2D eigenvalue weighted by Crippen LogP contribution is -2.48. The van der Waals surface area contributed by atoms with Crippen molar-refractivity contribution in [2.75, 3.05) is 90.1 Å². The average molecular weight is 798 g/mol. The van der Waals surface area contributed by atoms with Gasteiger partial charge < -0.3 is 25.1 Å². The van der Waals surface area contributed by atoms with Gasteiger partial charge in [-0.05, 0) is 37.0 Å². The SMILES string of the molecule is [CH2+]COP(=O)(O)OCCCCCCCCCCCCCCCCCCc1ccc(N2CCN(CC(=O)O)CCN(CC(=O)O)CCN(CC(=O)O)CC2)cc1. The van der Waals surface area contributed by atoms with Gasteiger partial charge in [-0.3, -0.25) is 33.6 Å². The van der Waals surface area contributed by atoms with E-state index >= 15 is 0 Å². The zero-order valence-corrected chi connectivity index (χ0v) is 34.1. The number of carboxylic acid groups (broad SMARTS) is 3. The Morgan fingerprint density at radius 2 is 0.891 bits per heavy atom. The molecule has 1 aromatic rings. The van der Waals surface area contributed by atoms with E-state index in [1.807, 2.05) is 9.80 Å². The molecule has 0 radical (unpaired) electrons. The lowest BCUT2D eigenvalue weighted by Gasteiger charge is -2.34. The van der Waals surface area contributed by atoms with Gasteiger partial charge in [-0.15, -0.1) is 0 Å². The molecule has 0 spiro atoms. The van der Waals surface area contributed by atoms with Gasteiger partial charge in [0.15, 0.2) is 6.61 Å². The zero-order valence-electron chi connectivity index (χ0n) is 33.2. The highest BCUT2D eigenvalue weighted by atomic mass is 31.2. The molecular weight excluding hydrogens is 727 g/mol. The van der Waals surface area contributed by atoms with Crippen LogP contribution in [0.4, 0.5) is 5.69 Å². The fourth-order valence-electron chi connectivity index (χ4n) is 6.96. The van der Waals surface area contributed by atoms with Crippen LogP contribution >= 0.6 is 7.82 Å². The summed E-state index contributed by atoms with van der Waals surface area (Å²) in [5.74, 6) is -2.82. The number of carboxylic acids is 3. The molecule has 1 fully saturated rings. The minimum Gasteiger partial charge on any atom is -0.480 e. The van der Waals surface area contributed by atoms with E-state index in [1.54, 1.807) is 4.90 Å². The molecule has 1 saturated heterocycles. The van der Waals surface area contributed by atoms with Crippen LogP contribution in [0.2, 0.25) is 0 Å². The van der Waals surface area contributed by atoms with E-state index < -0.39 is 25.7 Å². The molecule has 0 aromatic heterocycles. The number of hydrogen-bond donors (Lipinski definition) is 4. The van der Waals surface area contributed by atoms with Gasteiger partial charge in [-0.1, -0.05) is 102 Å². The summed E-state index contributed by atoms with van der Waals surface area (Å²) in [6, 6.07) is 8.55. The fraction of sp³-hybridized carbons (Fsp3) is 0.750. The molecule has 1 atom stereocenters. The standard InChI is InChI=1S/C40H69N4O10P/c1-2-53-55(51,52)54-32-18-16-14-12-10-8-6-4-3-5-7-9-11-13-15-17-19-36-20-22-37(23-21-36)44-30-28-42(34-39(47)48)26-24-41(33-38(45)46)25-27-43(29-31-44)35-40(49)50/h20-23H,1-19,24-35H2,(H3-,45,46,47,48,49,50,51,52)/p+1. The van der Waals surface area contributed by atoms with Crippen LogP contribution in [0.3, 0.4) is 0 Å². The Bertz CT molecular complexity index is 1210. The summed E-state index contributed by atoms with van der Waals surface area (Å²) in [6.07, 6.45) is 20.4. The molecule has 4 N–H and O–H groups in total. The van der Waals surface area contributed by atoms with Gasteiger partial charge in [-0.2, -0.15) is 0 Å². The smallest absolute Gasteiger partial charge is 0.475 e. The van der Waals surface area contributed by atoms with Gasteiger partial charge in [0.2, 0.25) is 0 Å². The molecule has 0 bridgehead atoms. The maximum atomic E-state index is 11.6. The number of anilines is 1. The van der Waals surface area contributed by atoms with E-state index in [0.29, 0.717) is 52.4 Å². The Labute approximate surface area is 329 Å². The largest absolute Gasteiger partial charge is 0.480 e. The number of carbonyl (C=O) groups is 3. The normalized spacial score (nSPS) is 16.6. The third-order valence-electron chi connectivity index (χ3n) is 10.1. The summed E-state index contributed by atoms with van der Waals surface area (Å²) < 4.78 is 20.9. The molecule has 0 aliphatic carbocycles. The first-order valence-corrected chi connectivity index (χ1v) is 22.0. The molecule has 15 heteroatoms. The van der Waals surface area contributed by atoms with Crippen molar-refractivity contribution in [3.05, 3.63) is 36.8 Å². The molecular formula is C40H70N4O10P+. The van der Waals surface area contributed by atoms with Crippen LogP contribution in [0.5, 0.6) is 0 Å². The first-order chi connectivity index (χ1) is 26.5. The number of unbranched alkanes of at least 4 members (excludes halogenated alkanes) is 15. The van der Waals surface area contributed by atoms with Crippen molar-refractivity contribution < 1.29 is 48.2 Å². The molecule has 314 valence electrons. The molecule has 0 saturated carbocycles. The highest BCUT2D eigenvalue weighted by Gasteiger charge is 2.21. The van der Waals surface area contributed by atoms with E-state index in [9.17, 15) is 39.2 Å². The van der Waals surface area contributed by atoms with E-state index in [2.05, 4.69) is 40.6 Å². The Kier molecular flexibility index (Phi) is 26.0. The number of phosphoric ester groups is 1. The van der Waals surface area contributed by atoms with Crippen LogP contribution in [0, 0.1) is 6.92 Å². The third-order valence-corrected chi connectivity index (χ3v) is 11.1. The van der Waals surface area contributed by atoms with Gasteiger partial charge in [0.25, 0.3) is 0 Å². The topological polar surface area (TPSA) is 181 Å². The molecule has 1 heterocycles. The van der Waals surface area contributed by atoms with Crippen LogP contribution in [0.1, 0.15) is 108 Å². The van der Waals surface area contributed by atoms with Crippen molar-refractivity contribution in [1.82, 2.24) is 14.7 Å². The summed E-state index contributed by atoms with van der Waals surface area (Å²) in [7, 11) is -3.91. The first kappa shape index (κ1) is 48.4. The number of hydrogen-bond acceptors (Lipinski definition) is 10. The second kappa shape index (κ2) is 29.5. The molecule has 1 aliphatic rings. The number of aryl methyl sites for hydroxylation is 1. The van der Waals surface area contributed by atoms with Crippen molar-refractivity contribution in [2.24, 2.45) is 0 Å². The summed E-state index contributed by atoms with van der Waals surface area (Å²) >= 11 is 0. The van der Waals surface area contributed by atoms with Crippen LogP contribution in [-0.2, 0) is 34.4 Å². The minimum absolute atomic E-state index is 0.0805. The average Bonchev–Trinajstić information content (AvgIpc) is 3.12. The minimum atomic E-state index is -3.91. The molecule has 1 aromatic carbocycles. The Hall–Kier alpha value is -2.71. The van der Waals surface area contributed by atoms with E-state index in [1.165, 1.54) is 82.6 Å². The maximum Gasteiger partial charge on any atom is 0.475 e. The van der Waals surface area contributed by atoms with Crippen molar-refractivity contribution in [3.63, 3.8) is 0 Å². The molecule has 2 rings (SSSR count). The van der Waals surface area contributed by atoms with Crippen LogP contribution in [0.15, 0.2) is 24.3 Å². The Morgan fingerprint density at radius 1 is 0.545 bits per heavy atom. The monoisotopic (exact) mass is 797 g/mol. The molecule has 1 aliphatic heterocycles. The second-order valence-corrected chi connectivity index (χ2v) is 16.2. The highest BCUT2D eigenvalue weighted by molar-refractivity contribution is 7.47. The molecule has 1 unspecified atom stereocenters. The maximum absolute atomic E-state index is 11.6. The van der Waals surface area contributed by atoms with Crippen molar-refractivity contribution in [1.29, 1.82) is 0 Å². The molecule has 55 heavy (non-hydrogen) atoms. The number of benzene rings is 1. The van der Waals surface area contributed by atoms with Crippen molar-refractivity contribution in [2.45, 2.75) is 109 Å². The predicted octanol–water partition coefficient (Wildman–Crippen LogP) is 6.42. The van der Waals surface area contributed by atoms with Gasteiger partial charge in [0.05, 0.1) is 33.2 Å². The van der Waals surface area contributed by atoms with Crippen LogP contribution in [-0.4, -0.2) is 138 Å². The van der Waals surface area contributed by atoms with Crippen molar-refractivity contribution >= 4 is 31.4 Å². The lowest BCUT2D eigenvalue weighted by molar-refractivity contribution is -0.140. The number of rotatable bonds is 29. The summed E-state index contributed by atoms with van der Waals surface area (Å²) in [5, 5.41) is 28.4. The van der Waals surface area contributed by atoms with Gasteiger partial charge in [0.1, 0.15) is 0 Å². The molecule has 0 amide bonds. The van der Waals surface area contributed by atoms with Crippen LogP contribution in [0.25, 0.3) is 0 Å². The third kappa shape index (κ3) is 25.2. The molecule has 14 nitrogen and oxygen atoms in total. The lowest BCUT2D eigenvalue weighted by atomic mass is 10.0. The van der Waals surface area contributed by atoms with Crippen LogP contribution < -0.4 is 4.90 Å². The van der Waals surface area contributed by atoms with Gasteiger partial charge >= 0.3 is 25.7 Å². The van der Waals surface area contributed by atoms with E-state index in [0.717, 1.165) is 37.8 Å². The highest BCUT2D eigenvalue weighted by Crippen LogP contribution is 2.42. The van der Waals surface area contributed by atoms with Gasteiger partial charge in [-0.25, -0.2) is 9.09 Å². The quantitative estimate of drug-likeness (QED) is 0.0396. The van der Waals surface area contributed by atoms with E-state index in [-0.39, 0.29) is 32.8 Å². The van der Waals surface area contributed by atoms with E-state index in [4.69, 9.17) is 4.52 Å². The van der Waals surface area contributed by atoms with Crippen molar-refractivity contribution in [3.8, 4) is 0 Å². The summed E-state index contributed by atoms with van der Waals surface area (Å²) in [5.41, 5.74) is 2.31.